The first kappa shape index (κ1) is 19.4. The number of sulfone groups is 1. The average Bonchev–Trinajstić information content (AvgIpc) is 2.83. The molecule has 0 bridgehead atoms. The van der Waals surface area contributed by atoms with Crippen LogP contribution in [-0.2, 0) is 29.0 Å². The van der Waals surface area contributed by atoms with Gasteiger partial charge in [-0.15, -0.1) is 0 Å². The topological polar surface area (TPSA) is 122 Å². The Bertz CT molecular complexity index is 707. The summed E-state index contributed by atoms with van der Waals surface area (Å²) in [5.74, 6) is -1.68. The number of rotatable bonds is 4. The molecule has 0 aromatic rings. The first-order valence-electron chi connectivity index (χ1n) is 8.05. The lowest BCUT2D eigenvalue weighted by atomic mass is 10.1. The molecule has 1 atom stereocenters. The van der Waals surface area contributed by atoms with E-state index in [0.29, 0.717) is 6.42 Å². The molecule has 2 aliphatic heterocycles. The van der Waals surface area contributed by atoms with Crippen LogP contribution in [0.25, 0.3) is 0 Å². The zero-order valence-electron chi connectivity index (χ0n) is 14.6. The van der Waals surface area contributed by atoms with Crippen LogP contribution in [0.4, 0.5) is 0 Å². The van der Waals surface area contributed by atoms with Gasteiger partial charge in [0, 0.05) is 18.4 Å². The van der Waals surface area contributed by atoms with Gasteiger partial charge >= 0.3 is 5.97 Å². The summed E-state index contributed by atoms with van der Waals surface area (Å²) in [6.45, 7) is 4.96. The van der Waals surface area contributed by atoms with E-state index in [-0.39, 0.29) is 36.0 Å². The van der Waals surface area contributed by atoms with Gasteiger partial charge < -0.3 is 10.1 Å². The Kier molecular flexibility index (Phi) is 5.50. The average molecular weight is 373 g/mol. The van der Waals surface area contributed by atoms with Crippen LogP contribution in [0.3, 0.4) is 0 Å². The van der Waals surface area contributed by atoms with Gasteiger partial charge in [0.2, 0.25) is 5.91 Å². The number of nitrogens with one attached hydrogen (secondary N) is 1. The molecule has 140 valence electrons. The van der Waals surface area contributed by atoms with Gasteiger partial charge in [0.15, 0.2) is 16.4 Å². The van der Waals surface area contributed by atoms with E-state index in [0.717, 1.165) is 5.01 Å². The Morgan fingerprint density at radius 3 is 2.56 bits per heavy atom. The molecule has 2 heterocycles. The van der Waals surface area contributed by atoms with Crippen LogP contribution in [-0.4, -0.2) is 66.6 Å². The van der Waals surface area contributed by atoms with Gasteiger partial charge in [0.1, 0.15) is 5.71 Å². The largest absolute Gasteiger partial charge is 0.451 e. The molecule has 0 aromatic heterocycles. The molecule has 0 spiro atoms. The monoisotopic (exact) mass is 373 g/mol. The highest BCUT2D eigenvalue weighted by Crippen LogP contribution is 2.22. The van der Waals surface area contributed by atoms with Gasteiger partial charge in [-0.25, -0.2) is 18.2 Å². The molecule has 2 amide bonds. The number of carbonyl (C=O) groups excluding carboxylic acids is 3. The molecular formula is C15H23N3O6S. The maximum atomic E-state index is 12.1. The maximum absolute atomic E-state index is 12.1. The maximum Gasteiger partial charge on any atom is 0.355 e. The second kappa shape index (κ2) is 7.11. The van der Waals surface area contributed by atoms with E-state index in [4.69, 9.17) is 4.74 Å². The fourth-order valence-corrected chi connectivity index (χ4v) is 4.33. The number of esters is 1. The van der Waals surface area contributed by atoms with Crippen molar-refractivity contribution in [2.24, 2.45) is 5.10 Å². The highest BCUT2D eigenvalue weighted by Gasteiger charge is 2.37. The van der Waals surface area contributed by atoms with E-state index in [2.05, 4.69) is 10.4 Å². The quantitative estimate of drug-likeness (QED) is 0.670. The molecule has 0 unspecified atom stereocenters. The van der Waals surface area contributed by atoms with Crippen molar-refractivity contribution >= 4 is 33.3 Å². The number of amides is 2. The Morgan fingerprint density at radius 1 is 1.32 bits per heavy atom. The third-order valence-corrected chi connectivity index (χ3v) is 5.45. The van der Waals surface area contributed by atoms with Gasteiger partial charge in [0.05, 0.1) is 17.5 Å². The molecule has 1 N–H and O–H groups in total. The van der Waals surface area contributed by atoms with E-state index in [1.807, 2.05) is 0 Å². The minimum absolute atomic E-state index is 0.00369. The lowest BCUT2D eigenvalue weighted by Gasteiger charge is -2.27. The van der Waals surface area contributed by atoms with E-state index in [1.165, 1.54) is 0 Å². The Morgan fingerprint density at radius 2 is 2.00 bits per heavy atom. The molecule has 10 heteroatoms. The van der Waals surface area contributed by atoms with Gasteiger partial charge in [-0.1, -0.05) is 0 Å². The van der Waals surface area contributed by atoms with Crippen LogP contribution in [0.2, 0.25) is 0 Å². The Hall–Kier alpha value is -1.97. The molecule has 0 saturated carbocycles. The number of nitrogens with zero attached hydrogens (tertiary/aromatic N) is 2. The molecular weight excluding hydrogens is 350 g/mol. The molecule has 1 fully saturated rings. The number of hydrazone groups is 1. The number of ether oxygens (including phenoxy) is 1. The SMILES string of the molecule is CC(C)(C)NC(=O)COC(=O)C1=NN([C@H]2CCS(=O)(=O)C2)C(=O)CC1. The predicted molar refractivity (Wildman–Crippen MR) is 89.4 cm³/mol. The second-order valence-corrected chi connectivity index (χ2v) is 9.44. The molecule has 25 heavy (non-hydrogen) atoms. The van der Waals surface area contributed by atoms with Crippen LogP contribution >= 0.6 is 0 Å². The normalized spacial score (nSPS) is 23.2. The number of hydrogen-bond acceptors (Lipinski definition) is 7. The standard InChI is InChI=1S/C15H23N3O6S/c1-15(2,3)16-12(19)8-24-14(21)11-4-5-13(20)18(17-11)10-6-7-25(22,23)9-10/h10H,4-9H2,1-3H3,(H,16,19)/t10-/m0/s1. The third-order valence-electron chi connectivity index (χ3n) is 3.70. The molecule has 1 saturated heterocycles. The van der Waals surface area contributed by atoms with Gasteiger partial charge in [-0.05, 0) is 27.2 Å². The lowest BCUT2D eigenvalue weighted by Crippen LogP contribution is -2.44. The smallest absolute Gasteiger partial charge is 0.355 e. The highest BCUT2D eigenvalue weighted by atomic mass is 32.2. The molecule has 0 aliphatic carbocycles. The highest BCUT2D eigenvalue weighted by molar-refractivity contribution is 7.91. The summed E-state index contributed by atoms with van der Waals surface area (Å²) in [5.41, 5.74) is -0.421. The van der Waals surface area contributed by atoms with Gasteiger partial charge in [-0.2, -0.15) is 5.10 Å². The Balaban J connectivity index is 1.98. The van der Waals surface area contributed by atoms with Crippen molar-refractivity contribution in [3.05, 3.63) is 0 Å². The Labute approximate surface area is 146 Å². The molecule has 2 aliphatic rings. The summed E-state index contributed by atoms with van der Waals surface area (Å²) >= 11 is 0. The van der Waals surface area contributed by atoms with Crippen LogP contribution in [0, 0.1) is 0 Å². The van der Waals surface area contributed by atoms with E-state index >= 15 is 0 Å². The molecule has 0 aromatic carbocycles. The fourth-order valence-electron chi connectivity index (χ4n) is 2.64. The van der Waals surface area contributed by atoms with E-state index in [1.54, 1.807) is 20.8 Å². The number of carbonyl (C=O) groups is 3. The van der Waals surface area contributed by atoms with Gasteiger partial charge in [0.25, 0.3) is 5.91 Å². The molecule has 2 rings (SSSR count). The summed E-state index contributed by atoms with van der Waals surface area (Å²) in [7, 11) is -3.18. The molecule has 9 nitrogen and oxygen atoms in total. The van der Waals surface area contributed by atoms with Crippen molar-refractivity contribution in [1.29, 1.82) is 0 Å². The van der Waals surface area contributed by atoms with Crippen LogP contribution in [0.1, 0.15) is 40.0 Å². The van der Waals surface area contributed by atoms with E-state index < -0.39 is 39.9 Å². The summed E-state index contributed by atoms with van der Waals surface area (Å²) in [4.78, 5) is 35.7. The van der Waals surface area contributed by atoms with Crippen molar-refractivity contribution in [3.8, 4) is 0 Å². The van der Waals surface area contributed by atoms with Crippen molar-refractivity contribution in [3.63, 3.8) is 0 Å². The van der Waals surface area contributed by atoms with Crippen molar-refractivity contribution < 1.29 is 27.5 Å². The lowest BCUT2D eigenvalue weighted by molar-refractivity contribution is -0.143. The molecule has 0 radical (unpaired) electrons. The summed E-state index contributed by atoms with van der Waals surface area (Å²) < 4.78 is 28.1. The van der Waals surface area contributed by atoms with Crippen molar-refractivity contribution in [2.75, 3.05) is 18.1 Å². The summed E-state index contributed by atoms with van der Waals surface area (Å²) in [5, 5.41) is 7.74. The van der Waals surface area contributed by atoms with Crippen LogP contribution in [0.15, 0.2) is 5.10 Å². The predicted octanol–water partition coefficient (Wildman–Crippen LogP) is -0.390. The number of hydrogen-bond donors (Lipinski definition) is 1. The first-order chi connectivity index (χ1) is 11.5. The second-order valence-electron chi connectivity index (χ2n) is 7.22. The zero-order chi connectivity index (χ0) is 18.8. The zero-order valence-corrected chi connectivity index (χ0v) is 15.4. The van der Waals surface area contributed by atoms with Crippen LogP contribution < -0.4 is 5.32 Å². The van der Waals surface area contributed by atoms with Crippen molar-refractivity contribution in [2.45, 2.75) is 51.6 Å². The minimum Gasteiger partial charge on any atom is -0.451 e. The summed E-state index contributed by atoms with van der Waals surface area (Å²) in [6.07, 6.45) is 0.459. The fraction of sp³-hybridized carbons (Fsp3) is 0.733. The van der Waals surface area contributed by atoms with E-state index in [9.17, 15) is 22.8 Å². The summed E-state index contributed by atoms with van der Waals surface area (Å²) in [6, 6.07) is -0.551. The first-order valence-corrected chi connectivity index (χ1v) is 9.87. The minimum atomic E-state index is -3.18. The third kappa shape index (κ3) is 5.52. The van der Waals surface area contributed by atoms with Gasteiger partial charge in [-0.3, -0.25) is 9.59 Å². The van der Waals surface area contributed by atoms with Crippen LogP contribution in [0.5, 0.6) is 0 Å². The van der Waals surface area contributed by atoms with Crippen molar-refractivity contribution in [1.82, 2.24) is 10.3 Å².